The van der Waals surface area contributed by atoms with Crippen LogP contribution in [0.25, 0.3) is 0 Å². The van der Waals surface area contributed by atoms with Gasteiger partial charge in [0.2, 0.25) is 5.91 Å². The van der Waals surface area contributed by atoms with Crippen LogP contribution in [0.1, 0.15) is 15.9 Å². The predicted molar refractivity (Wildman–Crippen MR) is 69.4 cm³/mol. The molecule has 0 bridgehead atoms. The van der Waals surface area contributed by atoms with Crippen LogP contribution in [-0.2, 0) is 6.54 Å². The third-order valence-corrected chi connectivity index (χ3v) is 2.45. The third-order valence-electron chi connectivity index (χ3n) is 2.45. The number of hydrogen-bond donors (Lipinski definition) is 4. The Bertz CT molecular complexity index is 562. The molecule has 1 heterocycles. The largest absolute Gasteiger partial charge is 0.366 e. The van der Waals surface area contributed by atoms with Crippen LogP contribution >= 0.6 is 0 Å². The topological polar surface area (TPSA) is 113 Å². The summed E-state index contributed by atoms with van der Waals surface area (Å²) in [5.41, 5.74) is 7.02. The summed E-state index contributed by atoms with van der Waals surface area (Å²) in [6.07, 6.45) is 3.07. The molecule has 3 amide bonds. The van der Waals surface area contributed by atoms with Crippen molar-refractivity contribution in [3.8, 4) is 0 Å². The number of hydrogen-bond acceptors (Lipinski definition) is 3. The number of nitrogens with zero attached hydrogens (tertiary/aromatic N) is 1. The summed E-state index contributed by atoms with van der Waals surface area (Å²) < 4.78 is 0. The second-order valence-electron chi connectivity index (χ2n) is 3.86. The van der Waals surface area contributed by atoms with E-state index in [9.17, 15) is 9.59 Å². The minimum absolute atomic E-state index is 0.333. The Morgan fingerprint density at radius 1 is 1.26 bits per heavy atom. The second kappa shape index (κ2) is 5.67. The van der Waals surface area contributed by atoms with Crippen molar-refractivity contribution >= 4 is 17.6 Å². The Balaban J connectivity index is 1.84. The van der Waals surface area contributed by atoms with E-state index in [1.54, 1.807) is 30.5 Å². The van der Waals surface area contributed by atoms with Crippen molar-refractivity contribution < 1.29 is 9.59 Å². The molecule has 98 valence electrons. The predicted octanol–water partition coefficient (Wildman–Crippen LogP) is 0.830. The van der Waals surface area contributed by atoms with E-state index in [0.29, 0.717) is 17.8 Å². The van der Waals surface area contributed by atoms with Crippen molar-refractivity contribution in [2.24, 2.45) is 5.73 Å². The van der Waals surface area contributed by atoms with Gasteiger partial charge in [0.05, 0.1) is 11.9 Å². The van der Waals surface area contributed by atoms with Crippen molar-refractivity contribution in [2.45, 2.75) is 6.54 Å². The van der Waals surface area contributed by atoms with Gasteiger partial charge >= 0.3 is 6.03 Å². The van der Waals surface area contributed by atoms with Gasteiger partial charge in [0.15, 0.2) is 0 Å². The molecule has 2 aromatic rings. The highest BCUT2D eigenvalue weighted by molar-refractivity contribution is 5.92. The first-order valence-corrected chi connectivity index (χ1v) is 5.57. The van der Waals surface area contributed by atoms with Crippen molar-refractivity contribution in [2.75, 3.05) is 5.32 Å². The van der Waals surface area contributed by atoms with Crippen LogP contribution in [0.15, 0.2) is 36.7 Å². The smallest absolute Gasteiger partial charge is 0.319 e. The zero-order valence-corrected chi connectivity index (χ0v) is 10.0. The molecule has 1 aromatic carbocycles. The molecule has 0 saturated carbocycles. The number of urea groups is 1. The molecule has 0 atom stereocenters. The number of carbonyl (C=O) groups is 2. The number of aromatic nitrogens is 2. The summed E-state index contributed by atoms with van der Waals surface area (Å²) in [4.78, 5) is 22.4. The fourth-order valence-electron chi connectivity index (χ4n) is 1.46. The van der Waals surface area contributed by atoms with E-state index >= 15 is 0 Å². The van der Waals surface area contributed by atoms with Crippen LogP contribution in [0.4, 0.5) is 10.5 Å². The van der Waals surface area contributed by atoms with E-state index in [1.165, 1.54) is 6.20 Å². The minimum Gasteiger partial charge on any atom is -0.366 e. The van der Waals surface area contributed by atoms with E-state index in [-0.39, 0.29) is 6.03 Å². The first-order valence-electron chi connectivity index (χ1n) is 5.57. The van der Waals surface area contributed by atoms with Gasteiger partial charge in [-0.2, -0.15) is 5.10 Å². The van der Waals surface area contributed by atoms with Gasteiger partial charge in [-0.25, -0.2) is 4.79 Å². The number of carbonyl (C=O) groups excluding carboxylic acids is 2. The van der Waals surface area contributed by atoms with Crippen molar-refractivity contribution in [3.05, 3.63) is 47.8 Å². The highest BCUT2D eigenvalue weighted by Gasteiger charge is 2.03. The zero-order chi connectivity index (χ0) is 13.7. The quantitative estimate of drug-likeness (QED) is 0.652. The molecule has 7 nitrogen and oxygen atoms in total. The number of primary amides is 1. The highest BCUT2D eigenvalue weighted by Crippen LogP contribution is 2.04. The second-order valence-corrected chi connectivity index (χ2v) is 3.86. The zero-order valence-electron chi connectivity index (χ0n) is 10.0. The molecule has 1 aromatic heterocycles. The fraction of sp³-hybridized carbons (Fsp3) is 0.0833. The van der Waals surface area contributed by atoms with E-state index in [0.717, 1.165) is 5.56 Å². The van der Waals surface area contributed by atoms with Crippen LogP contribution in [0.5, 0.6) is 0 Å². The summed E-state index contributed by atoms with van der Waals surface area (Å²) in [5.74, 6) is -0.475. The van der Waals surface area contributed by atoms with Crippen LogP contribution in [0.3, 0.4) is 0 Å². The maximum Gasteiger partial charge on any atom is 0.319 e. The Morgan fingerprint density at radius 2 is 2.00 bits per heavy atom. The number of anilines is 1. The lowest BCUT2D eigenvalue weighted by molar-refractivity contribution is 0.1000. The summed E-state index contributed by atoms with van der Waals surface area (Å²) in [7, 11) is 0. The average Bonchev–Trinajstić information content (AvgIpc) is 2.89. The first-order chi connectivity index (χ1) is 9.15. The van der Waals surface area contributed by atoms with Crippen molar-refractivity contribution in [3.63, 3.8) is 0 Å². The van der Waals surface area contributed by atoms with Gasteiger partial charge in [-0.05, 0) is 17.7 Å². The molecule has 0 fully saturated rings. The number of rotatable bonds is 4. The molecule has 0 aliphatic heterocycles. The third kappa shape index (κ3) is 3.56. The highest BCUT2D eigenvalue weighted by atomic mass is 16.2. The molecular weight excluding hydrogens is 246 g/mol. The van der Waals surface area contributed by atoms with Gasteiger partial charge in [-0.3, -0.25) is 9.89 Å². The summed E-state index contributed by atoms with van der Waals surface area (Å²) >= 11 is 0. The Morgan fingerprint density at radius 3 is 2.58 bits per heavy atom. The van der Waals surface area contributed by atoms with Crippen LogP contribution in [0.2, 0.25) is 0 Å². The number of nitrogens with two attached hydrogens (primary N) is 1. The minimum atomic E-state index is -0.475. The number of amides is 3. The molecule has 19 heavy (non-hydrogen) atoms. The lowest BCUT2D eigenvalue weighted by Gasteiger charge is -2.06. The molecule has 0 spiro atoms. The molecule has 0 saturated heterocycles. The maximum atomic E-state index is 11.5. The standard InChI is InChI=1S/C12H13N5O2/c13-11(18)9-3-1-8(2-4-9)5-14-12(19)17-10-6-15-16-7-10/h1-4,6-7H,5H2,(H2,13,18)(H,15,16)(H2,14,17,19). The molecular formula is C12H13N5O2. The molecule has 7 heteroatoms. The van der Waals surface area contributed by atoms with Gasteiger partial charge in [-0.15, -0.1) is 0 Å². The number of nitrogens with one attached hydrogen (secondary N) is 3. The summed E-state index contributed by atoms with van der Waals surface area (Å²) in [5, 5.41) is 11.6. The van der Waals surface area contributed by atoms with Gasteiger partial charge in [-0.1, -0.05) is 12.1 Å². The Hall–Kier alpha value is -2.83. The molecule has 2 rings (SSSR count). The lowest BCUT2D eigenvalue weighted by Crippen LogP contribution is -2.28. The number of H-pyrrole nitrogens is 1. The number of aromatic amines is 1. The van der Waals surface area contributed by atoms with Crippen molar-refractivity contribution in [1.82, 2.24) is 15.5 Å². The fourth-order valence-corrected chi connectivity index (χ4v) is 1.46. The number of benzene rings is 1. The van der Waals surface area contributed by atoms with Crippen LogP contribution in [-0.4, -0.2) is 22.1 Å². The van der Waals surface area contributed by atoms with E-state index in [4.69, 9.17) is 5.73 Å². The maximum absolute atomic E-state index is 11.5. The first kappa shape index (κ1) is 12.6. The van der Waals surface area contributed by atoms with Gasteiger partial charge in [0.25, 0.3) is 0 Å². The summed E-state index contributed by atoms with van der Waals surface area (Å²) in [6, 6.07) is 6.37. The van der Waals surface area contributed by atoms with E-state index in [2.05, 4.69) is 20.8 Å². The van der Waals surface area contributed by atoms with Crippen LogP contribution in [0, 0.1) is 0 Å². The molecule has 0 aliphatic rings. The lowest BCUT2D eigenvalue weighted by atomic mass is 10.1. The molecule has 5 N–H and O–H groups in total. The molecule has 0 radical (unpaired) electrons. The van der Waals surface area contributed by atoms with Crippen LogP contribution < -0.4 is 16.4 Å². The summed E-state index contributed by atoms with van der Waals surface area (Å²) in [6.45, 7) is 0.350. The monoisotopic (exact) mass is 259 g/mol. The van der Waals surface area contributed by atoms with E-state index in [1.807, 2.05) is 0 Å². The van der Waals surface area contributed by atoms with E-state index < -0.39 is 5.91 Å². The molecule has 0 aliphatic carbocycles. The molecule has 0 unspecified atom stereocenters. The Kier molecular flexibility index (Phi) is 3.77. The SMILES string of the molecule is NC(=O)c1ccc(CNC(=O)Nc2cn[nH]c2)cc1. The van der Waals surface area contributed by atoms with Gasteiger partial charge in [0.1, 0.15) is 0 Å². The average molecular weight is 259 g/mol. The van der Waals surface area contributed by atoms with Gasteiger partial charge in [0, 0.05) is 18.3 Å². The Labute approximate surface area is 109 Å². The van der Waals surface area contributed by atoms with Gasteiger partial charge < -0.3 is 16.4 Å². The van der Waals surface area contributed by atoms with Crippen molar-refractivity contribution in [1.29, 1.82) is 0 Å². The normalized spacial score (nSPS) is 9.89.